The number of aliphatic hydroxyl groups excluding tert-OH is 1. The summed E-state index contributed by atoms with van der Waals surface area (Å²) in [5.74, 6) is 0. The van der Waals surface area contributed by atoms with Gasteiger partial charge in [-0.1, -0.05) is 42.1 Å². The van der Waals surface area contributed by atoms with Crippen molar-refractivity contribution in [2.24, 2.45) is 7.05 Å². The van der Waals surface area contributed by atoms with Crippen LogP contribution in [-0.2, 0) is 20.0 Å². The number of fused-ring (bicyclic) bond motifs is 2. The normalized spacial score (nSPS) is 21.4. The summed E-state index contributed by atoms with van der Waals surface area (Å²) < 4.78 is 3.88. The minimum absolute atomic E-state index is 0.0245. The number of imidazole rings is 1. The molecular formula is C24H24N6OS. The Morgan fingerprint density at radius 1 is 1.22 bits per heavy atom. The summed E-state index contributed by atoms with van der Waals surface area (Å²) in [5.41, 5.74) is 6.74. The first kappa shape index (κ1) is 19.6. The Morgan fingerprint density at radius 3 is 3.00 bits per heavy atom. The molecule has 0 radical (unpaired) electrons. The molecule has 1 aliphatic carbocycles. The lowest BCUT2D eigenvalue weighted by atomic mass is 10.1. The van der Waals surface area contributed by atoms with Gasteiger partial charge in [-0.3, -0.25) is 10.00 Å². The average Bonchev–Trinajstić information content (AvgIpc) is 3.55. The predicted molar refractivity (Wildman–Crippen MR) is 125 cm³/mol. The molecule has 1 aliphatic heterocycles. The maximum atomic E-state index is 10.6. The highest BCUT2D eigenvalue weighted by molar-refractivity contribution is 8.00. The van der Waals surface area contributed by atoms with E-state index in [2.05, 4.69) is 61.8 Å². The second-order valence-corrected chi connectivity index (χ2v) is 9.57. The van der Waals surface area contributed by atoms with Crippen LogP contribution < -0.4 is 10.6 Å². The van der Waals surface area contributed by atoms with Crippen molar-refractivity contribution in [3.63, 3.8) is 0 Å². The van der Waals surface area contributed by atoms with Crippen molar-refractivity contribution >= 4 is 17.4 Å². The molecule has 3 N–H and O–H groups in total. The molecule has 0 spiro atoms. The van der Waals surface area contributed by atoms with E-state index in [0.29, 0.717) is 6.42 Å². The fourth-order valence-electron chi connectivity index (χ4n) is 4.55. The number of aromatic nitrogens is 4. The van der Waals surface area contributed by atoms with Gasteiger partial charge in [0.15, 0.2) is 0 Å². The highest BCUT2D eigenvalue weighted by atomic mass is 32.2. The number of aliphatic hydroxyl groups is 1. The molecule has 6 rings (SSSR count). The molecule has 2 aromatic carbocycles. The predicted octanol–water partition coefficient (Wildman–Crippen LogP) is 3.38. The molecular weight excluding hydrogens is 420 g/mol. The van der Waals surface area contributed by atoms with E-state index in [9.17, 15) is 5.11 Å². The van der Waals surface area contributed by atoms with Crippen molar-refractivity contribution in [3.8, 4) is 11.3 Å². The number of aryl methyl sites for hydroxylation is 1. The third-order valence-corrected chi connectivity index (χ3v) is 7.19. The minimum Gasteiger partial charge on any atom is -0.391 e. The van der Waals surface area contributed by atoms with E-state index < -0.39 is 6.10 Å². The summed E-state index contributed by atoms with van der Waals surface area (Å²) in [6.45, 7) is 0.758. The first-order valence-corrected chi connectivity index (χ1v) is 11.6. The molecule has 0 saturated heterocycles. The second kappa shape index (κ2) is 7.81. The molecule has 0 fully saturated rings. The molecule has 162 valence electrons. The summed E-state index contributed by atoms with van der Waals surface area (Å²) in [6.07, 6.45) is 8.02. The van der Waals surface area contributed by atoms with Crippen molar-refractivity contribution in [1.82, 2.24) is 24.6 Å². The number of hydrogen-bond acceptors (Lipinski definition) is 6. The maximum absolute atomic E-state index is 10.6. The van der Waals surface area contributed by atoms with Gasteiger partial charge in [-0.15, -0.1) is 0 Å². The van der Waals surface area contributed by atoms with E-state index in [0.717, 1.165) is 23.5 Å². The topological polar surface area (TPSA) is 79.9 Å². The molecule has 8 heteroatoms. The first-order chi connectivity index (χ1) is 15.6. The first-order valence-electron chi connectivity index (χ1n) is 10.7. The van der Waals surface area contributed by atoms with Gasteiger partial charge >= 0.3 is 0 Å². The van der Waals surface area contributed by atoms with Crippen LogP contribution in [0.2, 0.25) is 0 Å². The van der Waals surface area contributed by atoms with Gasteiger partial charge in [-0.2, -0.15) is 5.10 Å². The summed E-state index contributed by atoms with van der Waals surface area (Å²) in [6, 6.07) is 14.8. The summed E-state index contributed by atoms with van der Waals surface area (Å²) in [4.78, 5) is 5.74. The summed E-state index contributed by atoms with van der Waals surface area (Å²) in [7, 11) is 1.91. The number of benzene rings is 2. The van der Waals surface area contributed by atoms with E-state index in [4.69, 9.17) is 0 Å². The molecule has 7 nitrogen and oxygen atoms in total. The Morgan fingerprint density at radius 2 is 2.12 bits per heavy atom. The third kappa shape index (κ3) is 3.60. The van der Waals surface area contributed by atoms with Crippen LogP contribution in [0, 0.1) is 0 Å². The Labute approximate surface area is 190 Å². The smallest absolute Gasteiger partial charge is 0.131 e. The lowest BCUT2D eigenvalue weighted by Crippen LogP contribution is -2.38. The van der Waals surface area contributed by atoms with Crippen LogP contribution in [-0.4, -0.2) is 36.0 Å². The highest BCUT2D eigenvalue weighted by Gasteiger charge is 2.34. The quantitative estimate of drug-likeness (QED) is 0.438. The summed E-state index contributed by atoms with van der Waals surface area (Å²) in [5, 5.41) is 21.9. The SMILES string of the molecule is Cn1cc(-c2cn(Cc3ccc4c(c3)SC(NC3c5ccccc5C[C@H]3O)N4)cn2)cn1. The maximum Gasteiger partial charge on any atom is 0.131 e. The molecule has 0 bridgehead atoms. The fraction of sp³-hybridized carbons (Fsp3) is 0.250. The van der Waals surface area contributed by atoms with Gasteiger partial charge in [0.1, 0.15) is 5.50 Å². The Hall–Kier alpha value is -3.07. The van der Waals surface area contributed by atoms with Gasteiger partial charge in [0.2, 0.25) is 0 Å². The molecule has 2 aromatic heterocycles. The van der Waals surface area contributed by atoms with Crippen molar-refractivity contribution < 1.29 is 5.11 Å². The van der Waals surface area contributed by atoms with Crippen LogP contribution in [0.1, 0.15) is 22.7 Å². The molecule has 3 heterocycles. The largest absolute Gasteiger partial charge is 0.391 e. The lowest BCUT2D eigenvalue weighted by molar-refractivity contribution is 0.141. The minimum atomic E-state index is -0.399. The van der Waals surface area contributed by atoms with Gasteiger partial charge in [0.05, 0.1) is 30.4 Å². The van der Waals surface area contributed by atoms with E-state index >= 15 is 0 Å². The number of anilines is 1. The molecule has 4 aromatic rings. The molecule has 0 saturated carbocycles. The van der Waals surface area contributed by atoms with E-state index in [1.54, 1.807) is 16.4 Å². The van der Waals surface area contributed by atoms with Gasteiger partial charge in [-0.25, -0.2) is 4.98 Å². The molecule has 0 amide bonds. The second-order valence-electron chi connectivity index (χ2n) is 8.42. The van der Waals surface area contributed by atoms with Crippen LogP contribution in [0.3, 0.4) is 0 Å². The van der Waals surface area contributed by atoms with Crippen LogP contribution >= 0.6 is 11.8 Å². The summed E-state index contributed by atoms with van der Waals surface area (Å²) >= 11 is 1.76. The molecule has 2 unspecified atom stereocenters. The van der Waals surface area contributed by atoms with E-state index in [-0.39, 0.29) is 11.5 Å². The monoisotopic (exact) mass is 444 g/mol. The van der Waals surface area contributed by atoms with Crippen LogP contribution in [0.15, 0.2) is 72.3 Å². The number of thioether (sulfide) groups is 1. The van der Waals surface area contributed by atoms with Gasteiger partial charge in [-0.05, 0) is 28.8 Å². The molecule has 3 atom stereocenters. The Kier molecular flexibility index (Phi) is 4.78. The van der Waals surface area contributed by atoms with Crippen LogP contribution in [0.25, 0.3) is 11.3 Å². The van der Waals surface area contributed by atoms with Crippen LogP contribution in [0.4, 0.5) is 5.69 Å². The number of hydrogen-bond donors (Lipinski definition) is 3. The van der Waals surface area contributed by atoms with E-state index in [1.807, 2.05) is 37.9 Å². The van der Waals surface area contributed by atoms with Gasteiger partial charge in [0.25, 0.3) is 0 Å². The Balaban J connectivity index is 1.14. The van der Waals surface area contributed by atoms with Crippen molar-refractivity contribution in [2.75, 3.05) is 5.32 Å². The molecule has 32 heavy (non-hydrogen) atoms. The average molecular weight is 445 g/mol. The fourth-order valence-corrected chi connectivity index (χ4v) is 5.68. The van der Waals surface area contributed by atoms with Gasteiger partial charge in [0, 0.05) is 48.6 Å². The zero-order valence-electron chi connectivity index (χ0n) is 17.6. The van der Waals surface area contributed by atoms with Crippen molar-refractivity contribution in [3.05, 3.63) is 84.1 Å². The Bertz CT molecular complexity index is 1280. The number of nitrogens with zero attached hydrogens (tertiary/aromatic N) is 4. The van der Waals surface area contributed by atoms with Gasteiger partial charge < -0.3 is 15.0 Å². The molecule has 2 aliphatic rings. The standard InChI is InChI=1S/C24H24N6OS/c1-29-12-17(10-26-29)20-13-30(14-25-20)11-15-6-7-19-22(8-15)32-24(27-19)28-23-18-5-3-2-4-16(18)9-21(23)31/h2-8,10,12-14,21,23-24,27-28,31H,9,11H2,1H3/t21-,23?,24?/m1/s1. The number of rotatable bonds is 5. The lowest BCUT2D eigenvalue weighted by Gasteiger charge is -2.22. The zero-order chi connectivity index (χ0) is 21.7. The number of nitrogens with one attached hydrogen (secondary N) is 2. The van der Waals surface area contributed by atoms with Crippen molar-refractivity contribution in [2.45, 2.75) is 35.5 Å². The third-order valence-electron chi connectivity index (χ3n) is 6.11. The van der Waals surface area contributed by atoms with Crippen LogP contribution in [0.5, 0.6) is 0 Å². The zero-order valence-corrected chi connectivity index (χ0v) is 18.5. The highest BCUT2D eigenvalue weighted by Crippen LogP contribution is 2.40. The van der Waals surface area contributed by atoms with Crippen molar-refractivity contribution in [1.29, 1.82) is 0 Å². The van der Waals surface area contributed by atoms with E-state index in [1.165, 1.54) is 21.6 Å².